The van der Waals surface area contributed by atoms with E-state index in [4.69, 9.17) is 4.84 Å². The van der Waals surface area contributed by atoms with Crippen LogP contribution in [0.2, 0.25) is 0 Å². The molecule has 2 aliphatic heterocycles. The van der Waals surface area contributed by atoms with Crippen molar-refractivity contribution in [3.8, 4) is 0 Å². The van der Waals surface area contributed by atoms with Crippen LogP contribution < -0.4 is 9.96 Å². The summed E-state index contributed by atoms with van der Waals surface area (Å²) in [6, 6.07) is 26.1. The van der Waals surface area contributed by atoms with Gasteiger partial charge in [-0.1, -0.05) is 72.3 Å². The molecule has 2 aliphatic rings. The Labute approximate surface area is 206 Å². The summed E-state index contributed by atoms with van der Waals surface area (Å²) in [6.07, 6.45) is -1.05. The molecule has 2 saturated heterocycles. The first kappa shape index (κ1) is 21.9. The molecule has 4 aromatic carbocycles. The predicted molar refractivity (Wildman–Crippen MR) is 134 cm³/mol. The fourth-order valence-corrected chi connectivity index (χ4v) is 5.13. The van der Waals surface area contributed by atoms with Crippen molar-refractivity contribution in [3.63, 3.8) is 0 Å². The number of aryl methyl sites for hydroxylation is 1. The standard InChI is InChI=1S/C28H21N3O5/c1-17-12-14-19(15-13-17)25-24-26(36-30(25)20-8-5-9-21(16-20)31(34)35)28(33)29(27(24)32)23-11-4-7-18-6-2-3-10-22(18)23/h2-16,24-26H,1H3/t24-,25+,26+/m1/s1. The summed E-state index contributed by atoms with van der Waals surface area (Å²) in [4.78, 5) is 45.9. The van der Waals surface area contributed by atoms with Crippen molar-refractivity contribution >= 4 is 39.6 Å². The number of hydrogen-bond donors (Lipinski definition) is 0. The lowest BCUT2D eigenvalue weighted by Gasteiger charge is -2.29. The number of imide groups is 1. The van der Waals surface area contributed by atoms with Gasteiger partial charge in [0.2, 0.25) is 5.91 Å². The topological polar surface area (TPSA) is 93.0 Å². The molecular formula is C28H21N3O5. The molecule has 2 fully saturated rings. The molecule has 178 valence electrons. The molecule has 6 rings (SSSR count). The number of hydroxylamine groups is 1. The Morgan fingerprint density at radius 1 is 0.861 bits per heavy atom. The Kier molecular flexibility index (Phi) is 5.05. The van der Waals surface area contributed by atoms with Gasteiger partial charge in [0.1, 0.15) is 5.92 Å². The van der Waals surface area contributed by atoms with Crippen LogP contribution in [0.25, 0.3) is 10.8 Å². The molecule has 4 aromatic rings. The number of nitrogens with zero attached hydrogens (tertiary/aromatic N) is 3. The summed E-state index contributed by atoms with van der Waals surface area (Å²) in [7, 11) is 0. The van der Waals surface area contributed by atoms with Crippen molar-refractivity contribution in [2.75, 3.05) is 9.96 Å². The molecule has 0 spiro atoms. The summed E-state index contributed by atoms with van der Waals surface area (Å²) in [5, 5.41) is 14.6. The molecule has 2 amide bonds. The number of anilines is 2. The maximum absolute atomic E-state index is 13.9. The lowest BCUT2D eigenvalue weighted by molar-refractivity contribution is -0.384. The third-order valence-electron chi connectivity index (χ3n) is 6.84. The Morgan fingerprint density at radius 2 is 1.58 bits per heavy atom. The van der Waals surface area contributed by atoms with E-state index in [0.29, 0.717) is 11.4 Å². The van der Waals surface area contributed by atoms with Gasteiger partial charge in [0.25, 0.3) is 11.6 Å². The summed E-state index contributed by atoms with van der Waals surface area (Å²) >= 11 is 0. The van der Waals surface area contributed by atoms with Crippen molar-refractivity contribution in [3.05, 3.63) is 112 Å². The number of amides is 2. The van der Waals surface area contributed by atoms with Gasteiger partial charge < -0.3 is 0 Å². The van der Waals surface area contributed by atoms with Gasteiger partial charge >= 0.3 is 0 Å². The predicted octanol–water partition coefficient (Wildman–Crippen LogP) is 5.11. The zero-order chi connectivity index (χ0) is 25.0. The number of nitro benzene ring substituents is 1. The van der Waals surface area contributed by atoms with E-state index in [9.17, 15) is 19.7 Å². The number of carbonyl (C=O) groups excluding carboxylic acids is 2. The van der Waals surface area contributed by atoms with Gasteiger partial charge in [0, 0.05) is 17.5 Å². The first-order valence-electron chi connectivity index (χ1n) is 11.6. The van der Waals surface area contributed by atoms with Gasteiger partial charge in [-0.05, 0) is 30.0 Å². The normalized spacial score (nSPS) is 21.3. The van der Waals surface area contributed by atoms with Crippen molar-refractivity contribution in [1.82, 2.24) is 0 Å². The van der Waals surface area contributed by atoms with E-state index in [1.54, 1.807) is 18.2 Å². The Hall–Kier alpha value is -4.56. The highest BCUT2D eigenvalue weighted by Crippen LogP contribution is 2.48. The maximum atomic E-state index is 13.9. The van der Waals surface area contributed by atoms with Crippen LogP contribution in [0.1, 0.15) is 17.2 Å². The minimum Gasteiger partial charge on any atom is -0.273 e. The van der Waals surface area contributed by atoms with E-state index in [1.807, 2.05) is 67.6 Å². The number of non-ortho nitro benzene ring substituents is 1. The molecule has 0 saturated carbocycles. The molecule has 0 unspecified atom stereocenters. The van der Waals surface area contributed by atoms with Crippen molar-refractivity contribution in [1.29, 1.82) is 0 Å². The van der Waals surface area contributed by atoms with E-state index >= 15 is 0 Å². The van der Waals surface area contributed by atoms with Crippen LogP contribution in [-0.2, 0) is 14.4 Å². The van der Waals surface area contributed by atoms with Crippen molar-refractivity contribution < 1.29 is 19.3 Å². The number of nitro groups is 1. The minimum absolute atomic E-state index is 0.106. The van der Waals surface area contributed by atoms with Crippen LogP contribution in [0.4, 0.5) is 17.1 Å². The highest BCUT2D eigenvalue weighted by Gasteiger charge is 2.60. The number of benzene rings is 4. The van der Waals surface area contributed by atoms with E-state index < -0.39 is 28.9 Å². The maximum Gasteiger partial charge on any atom is 0.271 e. The van der Waals surface area contributed by atoms with Crippen LogP contribution >= 0.6 is 0 Å². The first-order valence-corrected chi connectivity index (χ1v) is 11.6. The summed E-state index contributed by atoms with van der Waals surface area (Å²) in [5.41, 5.74) is 2.64. The minimum atomic E-state index is -1.05. The first-order chi connectivity index (χ1) is 17.4. The third kappa shape index (κ3) is 3.34. The third-order valence-corrected chi connectivity index (χ3v) is 6.84. The Bertz CT molecular complexity index is 1530. The smallest absolute Gasteiger partial charge is 0.271 e. The van der Waals surface area contributed by atoms with Crippen LogP contribution in [0.5, 0.6) is 0 Å². The zero-order valence-electron chi connectivity index (χ0n) is 19.3. The Balaban J connectivity index is 1.46. The van der Waals surface area contributed by atoms with Gasteiger partial charge in [-0.3, -0.25) is 24.5 Å². The van der Waals surface area contributed by atoms with Gasteiger partial charge in [-0.2, -0.15) is 0 Å². The summed E-state index contributed by atoms with van der Waals surface area (Å²) in [6.45, 7) is 1.96. The number of carbonyl (C=O) groups is 2. The average molecular weight is 479 g/mol. The average Bonchev–Trinajstić information content (AvgIpc) is 3.40. The SMILES string of the molecule is Cc1ccc([C@H]2[C@H]3C(=O)N(c4cccc5ccccc45)C(=O)[C@H]3ON2c2cccc([N+](=O)[O-])c2)cc1. The van der Waals surface area contributed by atoms with E-state index in [0.717, 1.165) is 21.9 Å². The molecule has 3 atom stereocenters. The molecule has 0 aliphatic carbocycles. The monoisotopic (exact) mass is 479 g/mol. The number of fused-ring (bicyclic) bond motifs is 2. The van der Waals surface area contributed by atoms with Gasteiger partial charge in [0.05, 0.1) is 22.3 Å². The molecular weight excluding hydrogens is 458 g/mol. The van der Waals surface area contributed by atoms with E-state index in [2.05, 4.69) is 0 Å². The lowest BCUT2D eigenvalue weighted by Crippen LogP contribution is -2.37. The van der Waals surface area contributed by atoms with Crippen LogP contribution in [0.3, 0.4) is 0 Å². The van der Waals surface area contributed by atoms with E-state index in [-0.39, 0.29) is 11.6 Å². The summed E-state index contributed by atoms with van der Waals surface area (Å²) in [5.74, 6) is -1.63. The van der Waals surface area contributed by atoms with E-state index in [1.165, 1.54) is 22.1 Å². The fourth-order valence-electron chi connectivity index (χ4n) is 5.13. The van der Waals surface area contributed by atoms with Gasteiger partial charge in [0.15, 0.2) is 6.10 Å². The highest BCUT2D eigenvalue weighted by molar-refractivity contribution is 6.26. The number of rotatable bonds is 4. The molecule has 8 heteroatoms. The molecule has 0 bridgehead atoms. The number of hydrogen-bond acceptors (Lipinski definition) is 6. The molecule has 0 N–H and O–H groups in total. The zero-order valence-corrected chi connectivity index (χ0v) is 19.3. The Morgan fingerprint density at radius 3 is 2.36 bits per heavy atom. The lowest BCUT2D eigenvalue weighted by atomic mass is 9.90. The van der Waals surface area contributed by atoms with Crippen molar-refractivity contribution in [2.45, 2.75) is 19.1 Å². The molecule has 8 nitrogen and oxygen atoms in total. The van der Waals surface area contributed by atoms with Crippen LogP contribution in [-0.4, -0.2) is 22.8 Å². The summed E-state index contributed by atoms with van der Waals surface area (Å²) < 4.78 is 0. The fraction of sp³-hybridized carbons (Fsp3) is 0.143. The molecule has 0 aromatic heterocycles. The largest absolute Gasteiger partial charge is 0.273 e. The van der Waals surface area contributed by atoms with Crippen molar-refractivity contribution in [2.24, 2.45) is 5.92 Å². The van der Waals surface area contributed by atoms with Crippen LogP contribution in [0, 0.1) is 23.0 Å². The second kappa shape index (κ2) is 8.28. The quantitative estimate of drug-likeness (QED) is 0.230. The van der Waals surface area contributed by atoms with Gasteiger partial charge in [-0.25, -0.2) is 9.96 Å². The molecule has 36 heavy (non-hydrogen) atoms. The second-order valence-corrected chi connectivity index (χ2v) is 9.02. The molecule has 0 radical (unpaired) electrons. The molecule has 2 heterocycles. The van der Waals surface area contributed by atoms with Gasteiger partial charge in [-0.15, -0.1) is 0 Å². The highest BCUT2D eigenvalue weighted by atomic mass is 16.7. The second-order valence-electron chi connectivity index (χ2n) is 9.02. The van der Waals surface area contributed by atoms with Crippen LogP contribution in [0.15, 0.2) is 91.0 Å².